The van der Waals surface area contributed by atoms with Gasteiger partial charge in [-0.2, -0.15) is 0 Å². The highest BCUT2D eigenvalue weighted by Gasteiger charge is 2.11. The molecular weight excluding hydrogens is 330 g/mol. The largest absolute Gasteiger partial charge is 0.493 e. The molecule has 2 aromatic carbocycles. The molecule has 6 heteroatoms. The standard InChI is InChI=1S/C18H14ClNO4/c1-22-14-4-2-3-5-15(14)23-13-8-6-12(7-9-13)20-18(21)16-10-11-17(19)24-16/h2-11H,1H3,(H,20,21). The molecule has 0 aliphatic rings. The summed E-state index contributed by atoms with van der Waals surface area (Å²) in [5, 5.41) is 2.88. The van der Waals surface area contributed by atoms with E-state index in [1.807, 2.05) is 24.3 Å². The van der Waals surface area contributed by atoms with E-state index in [1.165, 1.54) is 12.1 Å². The van der Waals surface area contributed by atoms with Crippen LogP contribution in [0.4, 0.5) is 5.69 Å². The van der Waals surface area contributed by atoms with Gasteiger partial charge in [0.2, 0.25) is 0 Å². The Hall–Kier alpha value is -2.92. The first kappa shape index (κ1) is 16.0. The zero-order chi connectivity index (χ0) is 16.9. The van der Waals surface area contributed by atoms with Crippen LogP contribution < -0.4 is 14.8 Å². The lowest BCUT2D eigenvalue weighted by atomic mass is 10.3. The highest BCUT2D eigenvalue weighted by molar-refractivity contribution is 6.29. The molecule has 0 aliphatic carbocycles. The van der Waals surface area contributed by atoms with Crippen LogP contribution in [0.3, 0.4) is 0 Å². The molecule has 0 fully saturated rings. The Kier molecular flexibility index (Phi) is 4.72. The van der Waals surface area contributed by atoms with Crippen molar-refractivity contribution < 1.29 is 18.7 Å². The smallest absolute Gasteiger partial charge is 0.291 e. The van der Waals surface area contributed by atoms with E-state index in [4.69, 9.17) is 25.5 Å². The van der Waals surface area contributed by atoms with Gasteiger partial charge in [0.1, 0.15) is 5.75 Å². The molecule has 3 rings (SSSR count). The van der Waals surface area contributed by atoms with Gasteiger partial charge in [0.25, 0.3) is 5.91 Å². The Bertz CT molecular complexity index is 842. The number of amides is 1. The van der Waals surface area contributed by atoms with Crippen molar-refractivity contribution in [3.63, 3.8) is 0 Å². The monoisotopic (exact) mass is 343 g/mol. The number of hydrogen-bond acceptors (Lipinski definition) is 4. The van der Waals surface area contributed by atoms with Gasteiger partial charge < -0.3 is 19.2 Å². The van der Waals surface area contributed by atoms with Gasteiger partial charge in [0, 0.05) is 5.69 Å². The summed E-state index contributed by atoms with van der Waals surface area (Å²) in [7, 11) is 1.59. The summed E-state index contributed by atoms with van der Waals surface area (Å²) >= 11 is 5.66. The Morgan fingerprint density at radius 3 is 2.33 bits per heavy atom. The molecule has 122 valence electrons. The van der Waals surface area contributed by atoms with Gasteiger partial charge in [0.05, 0.1) is 7.11 Å². The molecule has 0 unspecified atom stereocenters. The lowest BCUT2D eigenvalue weighted by molar-refractivity contribution is 0.0997. The fourth-order valence-corrected chi connectivity index (χ4v) is 2.21. The van der Waals surface area contributed by atoms with Crippen molar-refractivity contribution in [3.8, 4) is 17.2 Å². The summed E-state index contributed by atoms with van der Waals surface area (Å²) in [6, 6.07) is 17.3. The molecule has 1 N–H and O–H groups in total. The van der Waals surface area contributed by atoms with E-state index in [0.717, 1.165) is 0 Å². The van der Waals surface area contributed by atoms with Crippen molar-refractivity contribution in [2.45, 2.75) is 0 Å². The molecule has 0 aliphatic heterocycles. The van der Waals surface area contributed by atoms with Gasteiger partial charge in [-0.05, 0) is 60.1 Å². The highest BCUT2D eigenvalue weighted by Crippen LogP contribution is 2.31. The van der Waals surface area contributed by atoms with E-state index in [-0.39, 0.29) is 16.9 Å². The van der Waals surface area contributed by atoms with Crippen LogP contribution in [0, 0.1) is 0 Å². The number of carbonyl (C=O) groups is 1. The first-order valence-corrected chi connectivity index (χ1v) is 7.51. The first-order chi connectivity index (χ1) is 11.7. The van der Waals surface area contributed by atoms with Crippen LogP contribution in [-0.2, 0) is 0 Å². The van der Waals surface area contributed by atoms with Crippen molar-refractivity contribution in [1.82, 2.24) is 0 Å². The molecule has 0 spiro atoms. The van der Waals surface area contributed by atoms with Crippen LogP contribution in [0.2, 0.25) is 5.22 Å². The number of halogens is 1. The number of carbonyl (C=O) groups excluding carboxylic acids is 1. The number of ether oxygens (including phenoxy) is 2. The van der Waals surface area contributed by atoms with Gasteiger partial charge in [-0.25, -0.2) is 0 Å². The Morgan fingerprint density at radius 1 is 1.00 bits per heavy atom. The molecule has 0 radical (unpaired) electrons. The normalized spacial score (nSPS) is 10.2. The summed E-state index contributed by atoms with van der Waals surface area (Å²) in [5.74, 6) is 1.65. The molecule has 1 heterocycles. The van der Waals surface area contributed by atoms with Gasteiger partial charge in [0.15, 0.2) is 22.5 Å². The van der Waals surface area contributed by atoms with Crippen LogP contribution in [0.25, 0.3) is 0 Å². The number of benzene rings is 2. The number of para-hydroxylation sites is 2. The molecule has 1 amide bonds. The fourth-order valence-electron chi connectivity index (χ4n) is 2.07. The lowest BCUT2D eigenvalue weighted by Crippen LogP contribution is -2.10. The molecular formula is C18H14ClNO4. The van der Waals surface area contributed by atoms with E-state index < -0.39 is 0 Å². The number of anilines is 1. The number of rotatable bonds is 5. The van der Waals surface area contributed by atoms with Crippen LogP contribution in [0.5, 0.6) is 17.2 Å². The maximum atomic E-state index is 12.0. The summed E-state index contributed by atoms with van der Waals surface area (Å²) < 4.78 is 16.1. The second-order valence-electron chi connectivity index (χ2n) is 4.84. The van der Waals surface area contributed by atoms with Gasteiger partial charge >= 0.3 is 0 Å². The molecule has 24 heavy (non-hydrogen) atoms. The number of furan rings is 1. The van der Waals surface area contributed by atoms with Crippen LogP contribution >= 0.6 is 11.6 Å². The average Bonchev–Trinajstić information content (AvgIpc) is 3.04. The first-order valence-electron chi connectivity index (χ1n) is 7.13. The summed E-state index contributed by atoms with van der Waals surface area (Å²) in [6.45, 7) is 0. The van der Waals surface area contributed by atoms with Crippen molar-refractivity contribution in [3.05, 3.63) is 71.6 Å². The predicted molar refractivity (Wildman–Crippen MR) is 91.2 cm³/mol. The highest BCUT2D eigenvalue weighted by atomic mass is 35.5. The van der Waals surface area contributed by atoms with E-state index in [2.05, 4.69) is 5.32 Å². The minimum absolute atomic E-state index is 0.148. The third kappa shape index (κ3) is 3.70. The number of hydrogen-bond donors (Lipinski definition) is 1. The minimum atomic E-state index is -0.375. The van der Waals surface area contributed by atoms with Gasteiger partial charge in [-0.1, -0.05) is 12.1 Å². The zero-order valence-electron chi connectivity index (χ0n) is 12.8. The molecule has 0 saturated carbocycles. The second kappa shape index (κ2) is 7.10. The van der Waals surface area contributed by atoms with Crippen molar-refractivity contribution >= 4 is 23.2 Å². The third-order valence-corrected chi connectivity index (χ3v) is 3.41. The number of nitrogens with one attached hydrogen (secondary N) is 1. The molecule has 0 bridgehead atoms. The third-order valence-electron chi connectivity index (χ3n) is 3.21. The maximum Gasteiger partial charge on any atom is 0.291 e. The van der Waals surface area contributed by atoms with Crippen LogP contribution in [-0.4, -0.2) is 13.0 Å². The van der Waals surface area contributed by atoms with Gasteiger partial charge in [-0.15, -0.1) is 0 Å². The SMILES string of the molecule is COc1ccccc1Oc1ccc(NC(=O)c2ccc(Cl)o2)cc1. The Morgan fingerprint density at radius 2 is 1.71 bits per heavy atom. The summed E-state index contributed by atoms with van der Waals surface area (Å²) in [5.41, 5.74) is 0.611. The second-order valence-corrected chi connectivity index (χ2v) is 5.21. The summed E-state index contributed by atoms with van der Waals surface area (Å²) in [6.07, 6.45) is 0. The predicted octanol–water partition coefficient (Wildman–Crippen LogP) is 4.99. The average molecular weight is 344 g/mol. The molecule has 0 saturated heterocycles. The topological polar surface area (TPSA) is 60.7 Å². The van der Waals surface area contributed by atoms with Crippen molar-refractivity contribution in [2.75, 3.05) is 12.4 Å². The van der Waals surface area contributed by atoms with Crippen LogP contribution in [0.15, 0.2) is 65.1 Å². The Labute approximate surface area is 143 Å². The van der Waals surface area contributed by atoms with Crippen LogP contribution in [0.1, 0.15) is 10.6 Å². The fraction of sp³-hybridized carbons (Fsp3) is 0.0556. The quantitative estimate of drug-likeness (QED) is 0.709. The van der Waals surface area contributed by atoms with Crippen molar-refractivity contribution in [1.29, 1.82) is 0 Å². The minimum Gasteiger partial charge on any atom is -0.493 e. The van der Waals surface area contributed by atoms with E-state index in [0.29, 0.717) is 22.9 Å². The molecule has 5 nitrogen and oxygen atoms in total. The van der Waals surface area contributed by atoms with Crippen molar-refractivity contribution in [2.24, 2.45) is 0 Å². The van der Waals surface area contributed by atoms with Gasteiger partial charge in [-0.3, -0.25) is 4.79 Å². The summed E-state index contributed by atoms with van der Waals surface area (Å²) in [4.78, 5) is 12.0. The van der Waals surface area contributed by atoms with E-state index in [9.17, 15) is 4.79 Å². The number of methoxy groups -OCH3 is 1. The molecule has 3 aromatic rings. The zero-order valence-corrected chi connectivity index (χ0v) is 13.5. The molecule has 0 atom stereocenters. The lowest BCUT2D eigenvalue weighted by Gasteiger charge is -2.10. The maximum absolute atomic E-state index is 12.0. The Balaban J connectivity index is 1.68. The van der Waals surface area contributed by atoms with E-state index in [1.54, 1.807) is 31.4 Å². The van der Waals surface area contributed by atoms with E-state index >= 15 is 0 Å². The molecule has 1 aromatic heterocycles.